The summed E-state index contributed by atoms with van der Waals surface area (Å²) in [6, 6.07) is 1.11. The number of rotatable bonds is 5. The highest BCUT2D eigenvalue weighted by molar-refractivity contribution is 7.16. The number of esters is 1. The van der Waals surface area contributed by atoms with Gasteiger partial charge in [0, 0.05) is 17.0 Å². The van der Waals surface area contributed by atoms with Crippen LogP contribution in [0.4, 0.5) is 18.3 Å². The number of carbonyl (C=O) groups excluding carboxylic acids is 2. The van der Waals surface area contributed by atoms with E-state index in [0.29, 0.717) is 17.0 Å². The van der Waals surface area contributed by atoms with Crippen molar-refractivity contribution < 1.29 is 27.5 Å². The van der Waals surface area contributed by atoms with Crippen molar-refractivity contribution in [2.24, 2.45) is 5.92 Å². The molecule has 0 aliphatic rings. The van der Waals surface area contributed by atoms with E-state index in [2.05, 4.69) is 15.0 Å². The molecule has 1 amide bonds. The second kappa shape index (κ2) is 7.64. The zero-order valence-corrected chi connectivity index (χ0v) is 14.5. The van der Waals surface area contributed by atoms with E-state index in [9.17, 15) is 22.8 Å². The van der Waals surface area contributed by atoms with E-state index >= 15 is 0 Å². The van der Waals surface area contributed by atoms with Crippen LogP contribution in [0.1, 0.15) is 18.2 Å². The molecule has 0 saturated carbocycles. The molecule has 0 radical (unpaired) electrons. The Bertz CT molecular complexity index is 800. The highest BCUT2D eigenvalue weighted by Gasteiger charge is 2.27. The van der Waals surface area contributed by atoms with Gasteiger partial charge >= 0.3 is 5.97 Å². The fourth-order valence-corrected chi connectivity index (χ4v) is 3.07. The van der Waals surface area contributed by atoms with Crippen LogP contribution in [0.15, 0.2) is 12.1 Å². The summed E-state index contributed by atoms with van der Waals surface area (Å²) in [6.45, 7) is 3.20. The molecule has 0 bridgehead atoms. The first-order valence-corrected chi connectivity index (χ1v) is 8.11. The van der Waals surface area contributed by atoms with Crippen molar-refractivity contribution in [2.45, 2.75) is 20.3 Å². The molecule has 1 unspecified atom stereocenters. The Hall–Kier alpha value is -2.42. The Morgan fingerprint density at radius 1 is 1.28 bits per heavy atom. The Kier molecular flexibility index (Phi) is 5.78. The molecule has 134 valence electrons. The predicted molar refractivity (Wildman–Crippen MR) is 86.6 cm³/mol. The summed E-state index contributed by atoms with van der Waals surface area (Å²) in [5, 5.41) is 2.51. The maximum absolute atomic E-state index is 13.9. The average molecular weight is 372 g/mol. The molecule has 25 heavy (non-hydrogen) atoms. The van der Waals surface area contributed by atoms with E-state index in [1.165, 1.54) is 7.11 Å². The molecule has 0 fully saturated rings. The van der Waals surface area contributed by atoms with Crippen LogP contribution in [0, 0.1) is 30.3 Å². The van der Waals surface area contributed by atoms with Crippen LogP contribution in [0.3, 0.4) is 0 Å². The average Bonchev–Trinajstić information content (AvgIpc) is 2.87. The highest BCUT2D eigenvalue weighted by atomic mass is 32.1. The number of carbonyl (C=O) groups is 2. The van der Waals surface area contributed by atoms with Crippen LogP contribution in [0.2, 0.25) is 0 Å². The minimum Gasteiger partial charge on any atom is -0.468 e. The van der Waals surface area contributed by atoms with Crippen LogP contribution < -0.4 is 5.32 Å². The number of amides is 1. The lowest BCUT2D eigenvalue weighted by Gasteiger charge is -2.10. The number of aromatic nitrogens is 1. The van der Waals surface area contributed by atoms with E-state index in [-0.39, 0.29) is 17.2 Å². The Morgan fingerprint density at radius 2 is 1.88 bits per heavy atom. The first-order valence-electron chi connectivity index (χ1n) is 7.29. The minimum atomic E-state index is -1.09. The van der Waals surface area contributed by atoms with Gasteiger partial charge in [-0.1, -0.05) is 6.92 Å². The van der Waals surface area contributed by atoms with Gasteiger partial charge < -0.3 is 10.1 Å². The lowest BCUT2D eigenvalue weighted by atomic mass is 10.1. The predicted octanol–water partition coefficient (Wildman–Crippen LogP) is 3.67. The normalized spacial score (nSPS) is 11.9. The topological polar surface area (TPSA) is 68.3 Å². The fourth-order valence-electron chi connectivity index (χ4n) is 2.24. The summed E-state index contributed by atoms with van der Waals surface area (Å²) in [4.78, 5) is 28.1. The number of thiazole rings is 1. The van der Waals surface area contributed by atoms with Gasteiger partial charge in [0.1, 0.15) is 23.4 Å². The summed E-state index contributed by atoms with van der Waals surface area (Å²) in [5.41, 5.74) is -0.517. The van der Waals surface area contributed by atoms with Gasteiger partial charge in [0.2, 0.25) is 5.91 Å². The largest absolute Gasteiger partial charge is 0.468 e. The van der Waals surface area contributed by atoms with Gasteiger partial charge in [-0.25, -0.2) is 18.2 Å². The second-order valence-corrected chi connectivity index (χ2v) is 6.34. The van der Waals surface area contributed by atoms with Crippen molar-refractivity contribution in [1.29, 1.82) is 0 Å². The summed E-state index contributed by atoms with van der Waals surface area (Å²) in [6.07, 6.45) is 0.219. The number of nitrogens with one attached hydrogen (secondary N) is 1. The van der Waals surface area contributed by atoms with Crippen LogP contribution in [-0.4, -0.2) is 24.0 Å². The number of ether oxygens (including phenoxy) is 1. The molecule has 1 N–H and O–H groups in total. The first kappa shape index (κ1) is 18.9. The van der Waals surface area contributed by atoms with Gasteiger partial charge in [0.15, 0.2) is 5.13 Å². The zero-order chi connectivity index (χ0) is 18.7. The van der Waals surface area contributed by atoms with Crippen molar-refractivity contribution in [2.75, 3.05) is 12.4 Å². The van der Waals surface area contributed by atoms with Crippen molar-refractivity contribution >= 4 is 28.3 Å². The minimum absolute atomic E-state index is 0.0404. The molecule has 2 rings (SSSR count). The molecular weight excluding hydrogens is 357 g/mol. The number of aryl methyl sites for hydroxylation is 1. The summed E-state index contributed by atoms with van der Waals surface area (Å²) in [7, 11) is 1.17. The molecule has 0 spiro atoms. The lowest BCUT2D eigenvalue weighted by Crippen LogP contribution is -2.30. The monoisotopic (exact) mass is 372 g/mol. The van der Waals surface area contributed by atoms with Gasteiger partial charge in [-0.15, -0.1) is 11.3 Å². The van der Waals surface area contributed by atoms with Gasteiger partial charge in [0.25, 0.3) is 0 Å². The van der Waals surface area contributed by atoms with Crippen LogP contribution in [0.25, 0.3) is 11.3 Å². The van der Waals surface area contributed by atoms with Gasteiger partial charge in [-0.3, -0.25) is 9.59 Å². The van der Waals surface area contributed by atoms with E-state index in [0.717, 1.165) is 11.3 Å². The fraction of sp³-hybridized carbons (Fsp3) is 0.312. The summed E-state index contributed by atoms with van der Waals surface area (Å²) in [5.74, 6) is -5.56. The third-order valence-corrected chi connectivity index (χ3v) is 4.37. The molecule has 9 heteroatoms. The lowest BCUT2D eigenvalue weighted by molar-refractivity contribution is -0.148. The van der Waals surface area contributed by atoms with E-state index in [4.69, 9.17) is 0 Å². The number of nitrogens with zero attached hydrogens (tertiary/aromatic N) is 1. The van der Waals surface area contributed by atoms with E-state index < -0.39 is 40.8 Å². The molecule has 0 aliphatic carbocycles. The Labute approximate surface area is 145 Å². The number of hydrogen-bond acceptors (Lipinski definition) is 5. The third-order valence-electron chi connectivity index (χ3n) is 3.48. The summed E-state index contributed by atoms with van der Waals surface area (Å²) < 4.78 is 45.4. The van der Waals surface area contributed by atoms with Crippen molar-refractivity contribution in [3.63, 3.8) is 0 Å². The molecule has 1 aromatic heterocycles. The second-order valence-electron chi connectivity index (χ2n) is 5.14. The van der Waals surface area contributed by atoms with Gasteiger partial charge in [-0.2, -0.15) is 0 Å². The molecule has 1 atom stereocenters. The van der Waals surface area contributed by atoms with Crippen LogP contribution in [0.5, 0.6) is 0 Å². The molecule has 1 heterocycles. The van der Waals surface area contributed by atoms with E-state index in [1.54, 1.807) is 13.8 Å². The molecule has 1 aromatic carbocycles. The Balaban J connectivity index is 2.32. The Morgan fingerprint density at radius 3 is 2.40 bits per heavy atom. The number of methoxy groups -OCH3 is 1. The smallest absolute Gasteiger partial charge is 0.318 e. The van der Waals surface area contributed by atoms with Crippen molar-refractivity contribution in [3.05, 3.63) is 34.5 Å². The summed E-state index contributed by atoms with van der Waals surface area (Å²) >= 11 is 0.984. The van der Waals surface area contributed by atoms with Gasteiger partial charge in [0.05, 0.1) is 18.4 Å². The zero-order valence-electron chi connectivity index (χ0n) is 13.7. The number of hydrogen-bond donors (Lipinski definition) is 1. The highest BCUT2D eigenvalue weighted by Crippen LogP contribution is 2.34. The third kappa shape index (κ3) is 3.98. The molecule has 0 aliphatic heterocycles. The van der Waals surface area contributed by atoms with Crippen molar-refractivity contribution in [1.82, 2.24) is 4.98 Å². The molecule has 2 aromatic rings. The molecule has 5 nitrogen and oxygen atoms in total. The number of benzene rings is 1. The van der Waals surface area contributed by atoms with Crippen molar-refractivity contribution in [3.8, 4) is 11.3 Å². The number of anilines is 1. The maximum atomic E-state index is 13.9. The molecule has 0 saturated heterocycles. The van der Waals surface area contributed by atoms with Crippen LogP contribution >= 0.6 is 11.3 Å². The van der Waals surface area contributed by atoms with E-state index in [1.807, 2.05) is 0 Å². The quantitative estimate of drug-likeness (QED) is 0.642. The standard InChI is InChI=1S/C16H15F3N2O3S/c1-4-9(15(23)24-3)14(22)21-16-20-13(7(2)25-16)12-10(18)5-8(17)6-11(12)19/h5-6,9H,4H2,1-3H3,(H,20,21,22). The van der Waals surface area contributed by atoms with Gasteiger partial charge in [-0.05, 0) is 13.3 Å². The number of halogens is 3. The SMILES string of the molecule is CCC(C(=O)Nc1nc(-c2c(F)cc(F)cc2F)c(C)s1)C(=O)OC. The maximum Gasteiger partial charge on any atom is 0.318 e. The molecular formula is C16H15F3N2O3S. The van der Waals surface area contributed by atoms with Crippen LogP contribution in [-0.2, 0) is 14.3 Å². The first-order chi connectivity index (χ1) is 11.8.